The Bertz CT molecular complexity index is 191. The molecule has 53 valence electrons. The first-order valence-corrected chi connectivity index (χ1v) is 3.72. The Kier molecular flexibility index (Phi) is 1.47. The minimum Gasteiger partial charge on any atom is -0.384 e. The first-order valence-electron chi connectivity index (χ1n) is 3.72. The molecule has 2 nitrogen and oxygen atoms in total. The molecule has 0 fully saturated rings. The van der Waals surface area contributed by atoms with Gasteiger partial charge in [-0.2, -0.15) is 0 Å². The number of hydrogen-bond acceptors (Lipinski definition) is 1. The van der Waals surface area contributed by atoms with E-state index in [0.717, 1.165) is 26.1 Å². The third-order valence-corrected chi connectivity index (χ3v) is 1.95. The van der Waals surface area contributed by atoms with Gasteiger partial charge in [0.05, 0.1) is 6.54 Å². The summed E-state index contributed by atoms with van der Waals surface area (Å²) in [5.74, 6) is 0. The molecule has 0 saturated carbocycles. The summed E-state index contributed by atoms with van der Waals surface area (Å²) in [6, 6.07) is 0. The summed E-state index contributed by atoms with van der Waals surface area (Å²) in [5.41, 5.74) is 2.80. The average molecular weight is 135 g/mol. The second kappa shape index (κ2) is 2.46. The Morgan fingerprint density at radius 2 is 2.50 bits per heavy atom. The lowest BCUT2D eigenvalue weighted by molar-refractivity contribution is 0.627. The maximum Gasteiger partial charge on any atom is 0.0535 e. The fraction of sp³-hybridized carbons (Fsp3) is 0.500. The predicted octanol–water partition coefficient (Wildman–Crippen LogP) is 0.408. The van der Waals surface area contributed by atoms with Gasteiger partial charge in [0.2, 0.25) is 0 Å². The zero-order chi connectivity index (χ0) is 6.81. The van der Waals surface area contributed by atoms with E-state index >= 15 is 0 Å². The Hall–Kier alpha value is -0.760. The first-order chi connectivity index (χ1) is 4.97. The maximum absolute atomic E-state index is 4.31. The summed E-state index contributed by atoms with van der Waals surface area (Å²) in [6.45, 7) is 2.89. The van der Waals surface area contributed by atoms with Crippen molar-refractivity contribution in [3.8, 4) is 0 Å². The van der Waals surface area contributed by atoms with Crippen LogP contribution < -0.4 is 10.6 Å². The van der Waals surface area contributed by atoms with Crippen LogP contribution in [0.1, 0.15) is 6.42 Å². The standard InChI is InChI=1S/C8H11N2/c1-2-7-3-5-9-6-8(7)10-4-1/h1-2,10H,3-6H2. The van der Waals surface area contributed by atoms with Gasteiger partial charge < -0.3 is 5.32 Å². The van der Waals surface area contributed by atoms with Gasteiger partial charge in [-0.1, -0.05) is 12.2 Å². The number of hydrogen-bond donors (Lipinski definition) is 1. The highest BCUT2D eigenvalue weighted by atomic mass is 15.0. The van der Waals surface area contributed by atoms with E-state index in [1.807, 2.05) is 0 Å². The van der Waals surface area contributed by atoms with Crippen molar-refractivity contribution in [3.05, 3.63) is 23.4 Å². The number of rotatable bonds is 0. The number of nitrogens with zero attached hydrogens (tertiary/aromatic N) is 1. The topological polar surface area (TPSA) is 26.1 Å². The molecule has 1 radical (unpaired) electrons. The second-order valence-corrected chi connectivity index (χ2v) is 2.64. The highest BCUT2D eigenvalue weighted by Gasteiger charge is 2.11. The molecule has 2 aliphatic heterocycles. The summed E-state index contributed by atoms with van der Waals surface area (Å²) in [5, 5.41) is 7.63. The molecule has 0 amide bonds. The lowest BCUT2D eigenvalue weighted by Crippen LogP contribution is -2.29. The summed E-state index contributed by atoms with van der Waals surface area (Å²) >= 11 is 0. The van der Waals surface area contributed by atoms with Crippen molar-refractivity contribution in [3.63, 3.8) is 0 Å². The zero-order valence-corrected chi connectivity index (χ0v) is 5.93. The van der Waals surface area contributed by atoms with Gasteiger partial charge in [0.1, 0.15) is 0 Å². The van der Waals surface area contributed by atoms with E-state index < -0.39 is 0 Å². The van der Waals surface area contributed by atoms with Gasteiger partial charge in [0.15, 0.2) is 0 Å². The molecular formula is C8H11N2. The van der Waals surface area contributed by atoms with Gasteiger partial charge in [-0.3, -0.25) is 0 Å². The molecule has 0 saturated heterocycles. The highest BCUT2D eigenvalue weighted by molar-refractivity contribution is 5.31. The molecule has 0 atom stereocenters. The Labute approximate surface area is 61.0 Å². The monoisotopic (exact) mass is 135 g/mol. The summed E-state index contributed by atoms with van der Waals surface area (Å²) < 4.78 is 0. The second-order valence-electron chi connectivity index (χ2n) is 2.64. The van der Waals surface area contributed by atoms with Crippen molar-refractivity contribution in [1.82, 2.24) is 10.6 Å². The minimum atomic E-state index is 0.902. The molecule has 0 bridgehead atoms. The minimum absolute atomic E-state index is 0.902. The number of nitrogens with one attached hydrogen (secondary N) is 1. The quantitative estimate of drug-likeness (QED) is 0.511. The molecule has 0 spiro atoms. The Morgan fingerprint density at radius 3 is 3.40 bits per heavy atom. The lowest BCUT2D eigenvalue weighted by Gasteiger charge is -2.21. The molecule has 0 aromatic carbocycles. The van der Waals surface area contributed by atoms with Crippen LogP contribution >= 0.6 is 0 Å². The number of dihydropyridines is 1. The third-order valence-electron chi connectivity index (χ3n) is 1.95. The van der Waals surface area contributed by atoms with E-state index in [4.69, 9.17) is 0 Å². The van der Waals surface area contributed by atoms with Gasteiger partial charge in [-0.15, -0.1) is 0 Å². The number of allylic oxidation sites excluding steroid dienone is 1. The van der Waals surface area contributed by atoms with E-state index in [1.165, 1.54) is 11.3 Å². The molecule has 10 heavy (non-hydrogen) atoms. The first kappa shape index (κ1) is 5.98. The van der Waals surface area contributed by atoms with Crippen molar-refractivity contribution >= 4 is 0 Å². The molecule has 2 heteroatoms. The van der Waals surface area contributed by atoms with E-state index in [0.29, 0.717) is 0 Å². The van der Waals surface area contributed by atoms with Crippen molar-refractivity contribution in [1.29, 1.82) is 0 Å². The van der Waals surface area contributed by atoms with Gasteiger partial charge in [0, 0.05) is 18.8 Å². The molecule has 2 heterocycles. The lowest BCUT2D eigenvalue weighted by atomic mass is 10.0. The summed E-state index contributed by atoms with van der Waals surface area (Å²) in [6.07, 6.45) is 5.52. The Balaban J connectivity index is 2.23. The van der Waals surface area contributed by atoms with Crippen molar-refractivity contribution in [2.24, 2.45) is 0 Å². The molecule has 0 aromatic heterocycles. The summed E-state index contributed by atoms with van der Waals surface area (Å²) in [4.78, 5) is 0. The van der Waals surface area contributed by atoms with E-state index in [-0.39, 0.29) is 0 Å². The smallest absolute Gasteiger partial charge is 0.0535 e. The fourth-order valence-electron chi connectivity index (χ4n) is 1.38. The van der Waals surface area contributed by atoms with Crippen molar-refractivity contribution < 1.29 is 0 Å². The molecule has 1 N–H and O–H groups in total. The Morgan fingerprint density at radius 1 is 1.50 bits per heavy atom. The van der Waals surface area contributed by atoms with Gasteiger partial charge in [0.25, 0.3) is 0 Å². The van der Waals surface area contributed by atoms with Crippen LogP contribution in [0.3, 0.4) is 0 Å². The normalized spacial score (nSPS) is 24.0. The van der Waals surface area contributed by atoms with Crippen LogP contribution in [0.5, 0.6) is 0 Å². The van der Waals surface area contributed by atoms with Crippen LogP contribution in [0.2, 0.25) is 0 Å². The van der Waals surface area contributed by atoms with Gasteiger partial charge in [-0.05, 0) is 12.0 Å². The molecule has 0 unspecified atom stereocenters. The van der Waals surface area contributed by atoms with Crippen LogP contribution in [0.25, 0.3) is 0 Å². The predicted molar refractivity (Wildman–Crippen MR) is 40.7 cm³/mol. The van der Waals surface area contributed by atoms with Gasteiger partial charge in [-0.25, -0.2) is 5.32 Å². The molecule has 0 aromatic rings. The molecule has 0 aliphatic carbocycles. The van der Waals surface area contributed by atoms with Crippen molar-refractivity contribution in [2.45, 2.75) is 6.42 Å². The van der Waals surface area contributed by atoms with Crippen LogP contribution in [0.4, 0.5) is 0 Å². The van der Waals surface area contributed by atoms with E-state index in [1.54, 1.807) is 0 Å². The summed E-state index contributed by atoms with van der Waals surface area (Å²) in [7, 11) is 0. The molecular weight excluding hydrogens is 124 g/mol. The molecule has 2 rings (SSSR count). The third kappa shape index (κ3) is 0.948. The van der Waals surface area contributed by atoms with Crippen LogP contribution in [-0.4, -0.2) is 19.6 Å². The van der Waals surface area contributed by atoms with E-state index in [9.17, 15) is 0 Å². The van der Waals surface area contributed by atoms with Crippen LogP contribution in [0, 0.1) is 0 Å². The maximum atomic E-state index is 4.31. The van der Waals surface area contributed by atoms with Crippen LogP contribution in [-0.2, 0) is 0 Å². The van der Waals surface area contributed by atoms with Crippen LogP contribution in [0.15, 0.2) is 23.4 Å². The average Bonchev–Trinajstić information content (AvgIpc) is 2.05. The zero-order valence-electron chi connectivity index (χ0n) is 5.93. The van der Waals surface area contributed by atoms with Gasteiger partial charge >= 0.3 is 0 Å². The fourth-order valence-corrected chi connectivity index (χ4v) is 1.38. The largest absolute Gasteiger partial charge is 0.384 e. The molecule has 2 aliphatic rings. The van der Waals surface area contributed by atoms with Crippen molar-refractivity contribution in [2.75, 3.05) is 19.6 Å². The SMILES string of the molecule is C1=CC2=C(C[N]CC2)NC1. The highest BCUT2D eigenvalue weighted by Crippen LogP contribution is 2.14. The van der Waals surface area contributed by atoms with E-state index in [2.05, 4.69) is 22.8 Å².